The van der Waals surface area contributed by atoms with Crippen LogP contribution in [0.3, 0.4) is 0 Å². The van der Waals surface area contributed by atoms with Gasteiger partial charge in [0.25, 0.3) is 0 Å². The molecule has 232 valence electrons. The third-order valence-electron chi connectivity index (χ3n) is 7.41. The minimum absolute atomic E-state index is 0.156. The highest BCUT2D eigenvalue weighted by atomic mass is 32.2. The van der Waals surface area contributed by atoms with Gasteiger partial charge in [-0.05, 0) is 48.0 Å². The fraction of sp³-hybridized carbons (Fsp3) is 0.172. The number of hydrogen-bond donors (Lipinski definition) is 2. The van der Waals surface area contributed by atoms with Crippen LogP contribution in [-0.2, 0) is 37.1 Å². The van der Waals surface area contributed by atoms with Crippen LogP contribution in [0.2, 0.25) is 0 Å². The van der Waals surface area contributed by atoms with E-state index in [4.69, 9.17) is 5.14 Å². The Bertz CT molecular complexity index is 2010. The molecule has 3 heterocycles. The first kappa shape index (κ1) is 30.8. The molecule has 10 nitrogen and oxygen atoms in total. The number of thioether (sulfide) groups is 1. The van der Waals surface area contributed by atoms with Crippen LogP contribution in [0.15, 0.2) is 93.6 Å². The first-order valence-corrected chi connectivity index (χ1v) is 16.4. The summed E-state index contributed by atoms with van der Waals surface area (Å²) < 4.78 is 64.6. The van der Waals surface area contributed by atoms with Crippen molar-refractivity contribution in [3.63, 3.8) is 0 Å². The average molecular weight is 675 g/mol. The van der Waals surface area contributed by atoms with E-state index in [1.165, 1.54) is 34.9 Å². The number of imide groups is 1. The summed E-state index contributed by atoms with van der Waals surface area (Å²) >= 11 is 1.75. The minimum atomic E-state index is -4.69. The highest BCUT2D eigenvalue weighted by Crippen LogP contribution is 2.54. The number of hydrogen-bond acceptors (Lipinski definition) is 8. The molecular weight excluding hydrogens is 654 g/mol. The lowest BCUT2D eigenvalue weighted by molar-refractivity contribution is -0.137. The van der Waals surface area contributed by atoms with E-state index in [0.29, 0.717) is 15.5 Å². The standard InChI is InChI=1S/C29H21F3N4O6S3/c30-29(31,32)16-7-4-8-18(13-16)36-25(38)22-21(15-5-2-1-3-6-15)24-27(43-23(22)26(36)39)35(28(40)44-24)14-20(37)34-17-9-11-19(12-10-17)45(33,41)42/h1-13,21-23H,14H2,(H,34,37)(H2,33,41,42)/t21-,22?,23?/m0/s1. The first-order valence-electron chi connectivity index (χ1n) is 13.2. The van der Waals surface area contributed by atoms with Gasteiger partial charge in [-0.25, -0.2) is 18.5 Å². The van der Waals surface area contributed by atoms with E-state index in [9.17, 15) is 40.8 Å². The Hall–Kier alpha value is -4.25. The molecule has 0 bridgehead atoms. The van der Waals surface area contributed by atoms with Crippen LogP contribution in [0.4, 0.5) is 24.5 Å². The van der Waals surface area contributed by atoms with Crippen molar-refractivity contribution >= 4 is 62.2 Å². The van der Waals surface area contributed by atoms with E-state index >= 15 is 0 Å². The minimum Gasteiger partial charge on any atom is -0.325 e. The van der Waals surface area contributed by atoms with Gasteiger partial charge in [0, 0.05) is 16.5 Å². The highest BCUT2D eigenvalue weighted by molar-refractivity contribution is 8.00. The summed E-state index contributed by atoms with van der Waals surface area (Å²) in [7, 11) is -3.94. The number of primary sulfonamides is 1. The molecule has 3 amide bonds. The number of sulfonamides is 1. The molecule has 2 aliphatic heterocycles. The summed E-state index contributed by atoms with van der Waals surface area (Å²) in [6.07, 6.45) is -4.69. The van der Waals surface area contributed by atoms with Crippen LogP contribution in [0.1, 0.15) is 21.9 Å². The lowest BCUT2D eigenvalue weighted by atomic mass is 9.83. The molecule has 4 aromatic rings. The van der Waals surface area contributed by atoms with Crippen LogP contribution >= 0.6 is 23.1 Å². The average Bonchev–Trinajstić information content (AvgIpc) is 3.43. The van der Waals surface area contributed by atoms with Crippen LogP contribution in [0.5, 0.6) is 0 Å². The van der Waals surface area contributed by atoms with Gasteiger partial charge in [0.15, 0.2) is 0 Å². The fourth-order valence-corrected chi connectivity index (χ4v) is 8.71. The third kappa shape index (κ3) is 5.69. The van der Waals surface area contributed by atoms with Crippen LogP contribution in [-0.4, -0.2) is 36.0 Å². The monoisotopic (exact) mass is 674 g/mol. The molecule has 0 radical (unpaired) electrons. The van der Waals surface area contributed by atoms with E-state index < -0.39 is 68.0 Å². The van der Waals surface area contributed by atoms with Gasteiger partial charge in [-0.3, -0.25) is 23.7 Å². The van der Waals surface area contributed by atoms with E-state index in [2.05, 4.69) is 5.32 Å². The lowest BCUT2D eigenvalue weighted by Gasteiger charge is -2.30. The van der Waals surface area contributed by atoms with Crippen LogP contribution in [0, 0.1) is 5.92 Å². The Morgan fingerprint density at radius 3 is 2.27 bits per heavy atom. The molecule has 2 aliphatic rings. The van der Waals surface area contributed by atoms with Crippen molar-refractivity contribution in [2.75, 3.05) is 10.2 Å². The second kappa shape index (κ2) is 11.3. The van der Waals surface area contributed by atoms with E-state index in [-0.39, 0.29) is 16.3 Å². The van der Waals surface area contributed by atoms with Crippen LogP contribution < -0.4 is 20.2 Å². The van der Waals surface area contributed by atoms with Gasteiger partial charge in [-0.2, -0.15) is 13.2 Å². The van der Waals surface area contributed by atoms with Crippen molar-refractivity contribution in [3.8, 4) is 0 Å². The Kier molecular flexibility index (Phi) is 7.71. The fourth-order valence-electron chi connectivity index (χ4n) is 5.42. The Balaban J connectivity index is 1.36. The second-order valence-electron chi connectivity index (χ2n) is 10.3. The Morgan fingerprint density at radius 2 is 1.62 bits per heavy atom. The zero-order valence-corrected chi connectivity index (χ0v) is 25.2. The number of amides is 3. The zero-order valence-electron chi connectivity index (χ0n) is 22.7. The van der Waals surface area contributed by atoms with Gasteiger partial charge in [-0.15, -0.1) is 0 Å². The normalized spacial score (nSPS) is 19.7. The maximum Gasteiger partial charge on any atom is 0.416 e. The van der Waals surface area contributed by atoms with Gasteiger partial charge in [-0.1, -0.05) is 59.5 Å². The number of anilines is 2. The molecule has 16 heteroatoms. The Morgan fingerprint density at radius 1 is 0.933 bits per heavy atom. The number of rotatable bonds is 6. The summed E-state index contributed by atoms with van der Waals surface area (Å²) in [6, 6.07) is 17.7. The molecule has 45 heavy (non-hydrogen) atoms. The number of benzene rings is 3. The van der Waals surface area contributed by atoms with Crippen LogP contribution in [0.25, 0.3) is 0 Å². The predicted octanol–water partition coefficient (Wildman–Crippen LogP) is 4.01. The largest absolute Gasteiger partial charge is 0.416 e. The second-order valence-corrected chi connectivity index (χ2v) is 13.9. The molecule has 0 spiro atoms. The molecular formula is C29H21F3N4O6S3. The van der Waals surface area contributed by atoms with Gasteiger partial charge < -0.3 is 5.32 Å². The molecule has 3 N–H and O–H groups in total. The zero-order chi connectivity index (χ0) is 32.3. The predicted molar refractivity (Wildman–Crippen MR) is 160 cm³/mol. The topological polar surface area (TPSA) is 149 Å². The van der Waals surface area contributed by atoms with E-state index in [1.54, 1.807) is 30.3 Å². The summed E-state index contributed by atoms with van der Waals surface area (Å²) in [5.41, 5.74) is -0.363. The summed E-state index contributed by atoms with van der Waals surface area (Å²) in [6.45, 7) is -0.465. The maximum absolute atomic E-state index is 13.9. The Labute approximate surface area is 261 Å². The van der Waals surface area contributed by atoms with Gasteiger partial charge >= 0.3 is 11.0 Å². The van der Waals surface area contributed by atoms with Gasteiger partial charge in [0.05, 0.1) is 27.1 Å². The van der Waals surface area contributed by atoms with Crippen molar-refractivity contribution in [1.29, 1.82) is 0 Å². The number of aromatic nitrogens is 1. The number of nitrogens with two attached hydrogens (primary N) is 1. The molecule has 1 fully saturated rings. The molecule has 3 atom stereocenters. The first-order chi connectivity index (χ1) is 21.2. The number of alkyl halides is 3. The molecule has 1 saturated heterocycles. The summed E-state index contributed by atoms with van der Waals surface area (Å²) in [5.74, 6) is -3.86. The van der Waals surface area contributed by atoms with Gasteiger partial charge in [0.1, 0.15) is 11.8 Å². The van der Waals surface area contributed by atoms with Crippen molar-refractivity contribution in [1.82, 2.24) is 4.57 Å². The number of nitrogens with zero attached hydrogens (tertiary/aromatic N) is 2. The smallest absolute Gasteiger partial charge is 0.325 e. The number of halogens is 3. The van der Waals surface area contributed by atoms with Crippen molar-refractivity contribution in [2.24, 2.45) is 11.1 Å². The van der Waals surface area contributed by atoms with Gasteiger partial charge in [0.2, 0.25) is 27.7 Å². The SMILES string of the molecule is NS(=O)(=O)c1ccc(NC(=O)Cn2c3c(sc2=O)[C@@H](c2ccccc2)C2C(=O)N(c4cccc(C(F)(F)F)c4)C(=O)C2S3)cc1. The van der Waals surface area contributed by atoms with E-state index in [1.807, 2.05) is 0 Å². The highest BCUT2D eigenvalue weighted by Gasteiger charge is 2.57. The van der Waals surface area contributed by atoms with Crippen molar-refractivity contribution in [2.45, 2.75) is 33.8 Å². The van der Waals surface area contributed by atoms with Crippen molar-refractivity contribution < 1.29 is 36.0 Å². The quantitative estimate of drug-likeness (QED) is 0.294. The molecule has 6 rings (SSSR count). The summed E-state index contributed by atoms with van der Waals surface area (Å²) in [5, 5.41) is 6.90. The number of thiazole rings is 1. The molecule has 0 saturated carbocycles. The van der Waals surface area contributed by atoms with Crippen molar-refractivity contribution in [3.05, 3.63) is 105 Å². The number of fused-ring (bicyclic) bond motifs is 2. The number of carbonyl (C=O) groups excluding carboxylic acids is 3. The molecule has 3 aromatic carbocycles. The molecule has 2 unspecified atom stereocenters. The molecule has 1 aromatic heterocycles. The molecule has 0 aliphatic carbocycles. The number of nitrogens with one attached hydrogen (secondary N) is 1. The summed E-state index contributed by atoms with van der Waals surface area (Å²) in [4.78, 5) is 54.5. The number of carbonyl (C=O) groups is 3. The lowest BCUT2D eigenvalue weighted by Crippen LogP contribution is -2.33. The third-order valence-corrected chi connectivity index (χ3v) is 10.9. The van der Waals surface area contributed by atoms with E-state index in [0.717, 1.165) is 46.2 Å². The maximum atomic E-state index is 13.9.